The molecule has 1 fully saturated rings. The molecule has 4 nitrogen and oxygen atoms in total. The molecule has 2 rings (SSSR count). The maximum Gasteiger partial charge on any atom is 0.0947 e. The zero-order valence-electron chi connectivity index (χ0n) is 10.7. The van der Waals surface area contributed by atoms with Gasteiger partial charge in [0.25, 0.3) is 0 Å². The molecule has 0 aromatic carbocycles. The lowest BCUT2D eigenvalue weighted by Gasteiger charge is -2.41. The van der Waals surface area contributed by atoms with Crippen LogP contribution in [0.25, 0.3) is 0 Å². The third-order valence-electron chi connectivity index (χ3n) is 3.85. The fourth-order valence-electron chi connectivity index (χ4n) is 2.61. The quantitative estimate of drug-likeness (QED) is 0.781. The van der Waals surface area contributed by atoms with Crippen molar-refractivity contribution < 1.29 is 9.15 Å². The molecule has 0 aliphatic heterocycles. The van der Waals surface area contributed by atoms with Crippen molar-refractivity contribution in [3.05, 3.63) is 24.2 Å². The van der Waals surface area contributed by atoms with Crippen LogP contribution in [0.3, 0.4) is 0 Å². The van der Waals surface area contributed by atoms with Crippen LogP contribution in [-0.2, 0) is 11.3 Å². The van der Waals surface area contributed by atoms with Gasteiger partial charge in [0.15, 0.2) is 0 Å². The van der Waals surface area contributed by atoms with Gasteiger partial charge in [-0.1, -0.05) is 0 Å². The Morgan fingerprint density at radius 3 is 2.82 bits per heavy atom. The van der Waals surface area contributed by atoms with Gasteiger partial charge in [-0.3, -0.25) is 4.90 Å². The van der Waals surface area contributed by atoms with E-state index >= 15 is 0 Å². The monoisotopic (exact) mass is 238 g/mol. The van der Waals surface area contributed by atoms with Gasteiger partial charge in [-0.2, -0.15) is 0 Å². The van der Waals surface area contributed by atoms with Crippen molar-refractivity contribution in [2.75, 3.05) is 27.3 Å². The van der Waals surface area contributed by atoms with Crippen LogP contribution < -0.4 is 5.73 Å². The van der Waals surface area contributed by atoms with Crippen LogP contribution in [0.15, 0.2) is 23.0 Å². The molecule has 0 spiro atoms. The van der Waals surface area contributed by atoms with Crippen LogP contribution in [-0.4, -0.2) is 37.7 Å². The number of hydrogen-bond donors (Lipinski definition) is 1. The summed E-state index contributed by atoms with van der Waals surface area (Å²) in [5, 5.41) is 0. The summed E-state index contributed by atoms with van der Waals surface area (Å²) in [6, 6.07) is 2.00. The average Bonchev–Trinajstić information content (AvgIpc) is 3.05. The van der Waals surface area contributed by atoms with Gasteiger partial charge >= 0.3 is 0 Å². The molecule has 2 N–H and O–H groups in total. The largest absolute Gasteiger partial charge is 0.472 e. The number of nitrogens with zero attached hydrogens (tertiary/aromatic N) is 1. The van der Waals surface area contributed by atoms with Gasteiger partial charge in [-0.25, -0.2) is 0 Å². The first-order valence-corrected chi connectivity index (χ1v) is 6.14. The highest BCUT2D eigenvalue weighted by molar-refractivity contribution is 5.09. The van der Waals surface area contributed by atoms with Crippen molar-refractivity contribution in [1.29, 1.82) is 0 Å². The number of rotatable bonds is 7. The van der Waals surface area contributed by atoms with Gasteiger partial charge in [0.2, 0.25) is 0 Å². The van der Waals surface area contributed by atoms with Crippen LogP contribution in [0.2, 0.25) is 0 Å². The van der Waals surface area contributed by atoms with Crippen molar-refractivity contribution in [2.45, 2.75) is 24.9 Å². The van der Waals surface area contributed by atoms with Crippen molar-refractivity contribution >= 4 is 0 Å². The predicted octanol–water partition coefficient (Wildman–Crippen LogP) is 1.47. The standard InChI is InChI=1S/C13H22N2O2/c1-15(7-11-5-6-17-8-11)13(9-14,10-16-2)12-3-4-12/h5-6,8,12H,3-4,7,9-10,14H2,1-2H3. The fraction of sp³-hybridized carbons (Fsp3) is 0.692. The highest BCUT2D eigenvalue weighted by Crippen LogP contribution is 2.42. The van der Waals surface area contributed by atoms with Gasteiger partial charge in [-0.15, -0.1) is 0 Å². The molecule has 1 atom stereocenters. The first-order chi connectivity index (χ1) is 8.23. The zero-order valence-corrected chi connectivity index (χ0v) is 10.7. The van der Waals surface area contributed by atoms with Crippen LogP contribution in [0.5, 0.6) is 0 Å². The number of ether oxygens (including phenoxy) is 1. The van der Waals surface area contributed by atoms with Gasteiger partial charge in [-0.05, 0) is 31.9 Å². The molecule has 1 heterocycles. The third-order valence-corrected chi connectivity index (χ3v) is 3.85. The Bertz CT molecular complexity index is 335. The summed E-state index contributed by atoms with van der Waals surface area (Å²) < 4.78 is 10.5. The second kappa shape index (κ2) is 5.21. The Labute approximate surface area is 103 Å². The van der Waals surface area contributed by atoms with Crippen molar-refractivity contribution in [3.8, 4) is 0 Å². The summed E-state index contributed by atoms with van der Waals surface area (Å²) in [5.74, 6) is 0.671. The molecule has 4 heteroatoms. The number of hydrogen-bond acceptors (Lipinski definition) is 4. The van der Waals surface area contributed by atoms with Crippen molar-refractivity contribution in [1.82, 2.24) is 4.90 Å². The SMILES string of the molecule is COCC(CN)(C1CC1)N(C)Cc1ccoc1. The maximum absolute atomic E-state index is 6.02. The fourth-order valence-corrected chi connectivity index (χ4v) is 2.61. The third kappa shape index (κ3) is 2.54. The van der Waals surface area contributed by atoms with Gasteiger partial charge in [0, 0.05) is 25.8 Å². The van der Waals surface area contributed by atoms with E-state index < -0.39 is 0 Å². The van der Waals surface area contributed by atoms with Gasteiger partial charge < -0.3 is 14.9 Å². The van der Waals surface area contributed by atoms with Gasteiger partial charge in [0.05, 0.1) is 24.7 Å². The molecule has 1 unspecified atom stereocenters. The van der Waals surface area contributed by atoms with Crippen LogP contribution in [0, 0.1) is 5.92 Å². The molecule has 1 saturated carbocycles. The lowest BCUT2D eigenvalue weighted by molar-refractivity contribution is 0.0103. The van der Waals surface area contributed by atoms with E-state index in [1.165, 1.54) is 18.4 Å². The van der Waals surface area contributed by atoms with Crippen molar-refractivity contribution in [2.24, 2.45) is 11.7 Å². The Morgan fingerprint density at radius 1 is 1.59 bits per heavy atom. The summed E-state index contributed by atoms with van der Waals surface area (Å²) >= 11 is 0. The van der Waals surface area contributed by atoms with E-state index in [9.17, 15) is 0 Å². The molecular weight excluding hydrogens is 216 g/mol. The van der Waals surface area contributed by atoms with Crippen LogP contribution >= 0.6 is 0 Å². The van der Waals surface area contributed by atoms with E-state index in [1.54, 1.807) is 19.6 Å². The second-order valence-corrected chi connectivity index (χ2v) is 5.00. The molecular formula is C13H22N2O2. The first kappa shape index (κ1) is 12.6. The maximum atomic E-state index is 6.02. The summed E-state index contributed by atoms with van der Waals surface area (Å²) in [5.41, 5.74) is 7.18. The summed E-state index contributed by atoms with van der Waals surface area (Å²) in [6.07, 6.45) is 6.02. The topological polar surface area (TPSA) is 51.6 Å². The molecule has 1 aliphatic carbocycles. The summed E-state index contributed by atoms with van der Waals surface area (Å²) in [7, 11) is 3.87. The molecule has 17 heavy (non-hydrogen) atoms. The van der Waals surface area contributed by atoms with E-state index in [4.69, 9.17) is 14.9 Å². The van der Waals surface area contributed by atoms with Crippen molar-refractivity contribution in [3.63, 3.8) is 0 Å². The minimum Gasteiger partial charge on any atom is -0.472 e. The highest BCUT2D eigenvalue weighted by atomic mass is 16.5. The Morgan fingerprint density at radius 2 is 2.35 bits per heavy atom. The minimum atomic E-state index is -0.0218. The zero-order chi connectivity index (χ0) is 12.3. The molecule has 0 saturated heterocycles. The molecule has 96 valence electrons. The lowest BCUT2D eigenvalue weighted by Crippen LogP contribution is -2.56. The predicted molar refractivity (Wildman–Crippen MR) is 66.6 cm³/mol. The molecule has 0 radical (unpaired) electrons. The minimum absolute atomic E-state index is 0.0218. The molecule has 1 aliphatic rings. The number of furan rings is 1. The Balaban J connectivity index is 2.08. The smallest absolute Gasteiger partial charge is 0.0947 e. The van der Waals surface area contributed by atoms with Crippen LogP contribution in [0.1, 0.15) is 18.4 Å². The van der Waals surface area contributed by atoms with E-state index in [0.29, 0.717) is 19.1 Å². The van der Waals surface area contributed by atoms with E-state index in [-0.39, 0.29) is 5.54 Å². The highest BCUT2D eigenvalue weighted by Gasteiger charge is 2.47. The molecule has 1 aromatic heterocycles. The Hall–Kier alpha value is -0.840. The number of methoxy groups -OCH3 is 1. The lowest BCUT2D eigenvalue weighted by atomic mass is 9.92. The van der Waals surface area contributed by atoms with Crippen LogP contribution in [0.4, 0.5) is 0 Å². The number of likely N-dealkylation sites (N-methyl/N-ethyl adjacent to an activating group) is 1. The van der Waals surface area contributed by atoms with Gasteiger partial charge in [0.1, 0.15) is 0 Å². The van der Waals surface area contributed by atoms with E-state index in [1.807, 2.05) is 6.07 Å². The molecule has 0 amide bonds. The second-order valence-electron chi connectivity index (χ2n) is 5.00. The summed E-state index contributed by atoms with van der Waals surface area (Å²) in [6.45, 7) is 2.19. The first-order valence-electron chi connectivity index (χ1n) is 6.14. The normalized spacial score (nSPS) is 19.5. The molecule has 0 bridgehead atoms. The summed E-state index contributed by atoms with van der Waals surface area (Å²) in [4.78, 5) is 2.32. The number of nitrogens with two attached hydrogens (primary N) is 1. The van der Waals surface area contributed by atoms with E-state index in [0.717, 1.165) is 6.54 Å². The molecule has 1 aromatic rings. The van der Waals surface area contributed by atoms with E-state index in [2.05, 4.69) is 11.9 Å². The Kier molecular flexibility index (Phi) is 3.86. The average molecular weight is 238 g/mol.